The molecular weight excluding hydrogens is 767 g/mol. The highest BCUT2D eigenvalue weighted by atomic mass is 16.6. The molecule has 0 bridgehead atoms. The van der Waals surface area contributed by atoms with E-state index >= 15 is 14.4 Å². The molecule has 13 nitrogen and oxygen atoms in total. The fourth-order valence-electron chi connectivity index (χ4n) is 13.8. The van der Waals surface area contributed by atoms with Gasteiger partial charge in [0.15, 0.2) is 0 Å². The molecule has 0 aromatic heterocycles. The van der Waals surface area contributed by atoms with Gasteiger partial charge in [-0.2, -0.15) is 0 Å². The molecule has 4 saturated carbocycles. The summed E-state index contributed by atoms with van der Waals surface area (Å²) in [6.07, 6.45) is 19.1. The molecule has 2 saturated heterocycles. The van der Waals surface area contributed by atoms with E-state index in [1.807, 2.05) is 0 Å². The van der Waals surface area contributed by atoms with Gasteiger partial charge in [-0.15, -0.1) is 0 Å². The zero-order valence-electron chi connectivity index (χ0n) is 36.2. The second kappa shape index (κ2) is 19.9. The summed E-state index contributed by atoms with van der Waals surface area (Å²) in [6, 6.07) is -1.94. The van der Waals surface area contributed by atoms with Crippen LogP contribution in [0.4, 0.5) is 4.79 Å². The second-order valence-electron chi connectivity index (χ2n) is 19.5. The van der Waals surface area contributed by atoms with Crippen molar-refractivity contribution in [2.75, 3.05) is 40.1 Å². The van der Waals surface area contributed by atoms with E-state index in [1.165, 1.54) is 12.0 Å². The Morgan fingerprint density at radius 1 is 0.817 bits per heavy atom. The Morgan fingerprint density at radius 2 is 1.47 bits per heavy atom. The van der Waals surface area contributed by atoms with Crippen molar-refractivity contribution in [3.05, 3.63) is 11.3 Å². The Morgan fingerprint density at radius 3 is 2.17 bits per heavy atom. The maximum absolute atomic E-state index is 16.2. The number of nitrogens with zero attached hydrogens (tertiary/aromatic N) is 2. The number of methoxy groups -OCH3 is 1. The fraction of sp³-hybridized carbons (Fsp3) is 0.872. The number of ether oxygens (including phenoxy) is 4. The number of nitrogens with one attached hydrogen (secondary N) is 1. The van der Waals surface area contributed by atoms with Crippen LogP contribution in [-0.4, -0.2) is 120 Å². The van der Waals surface area contributed by atoms with E-state index in [0.29, 0.717) is 18.5 Å². The van der Waals surface area contributed by atoms with Gasteiger partial charge in [0, 0.05) is 31.3 Å². The molecule has 0 aromatic carbocycles. The minimum atomic E-state index is -1.59. The molecule has 336 valence electrons. The highest BCUT2D eigenvalue weighted by molar-refractivity contribution is 6.07. The molecule has 60 heavy (non-hydrogen) atoms. The van der Waals surface area contributed by atoms with Crippen LogP contribution in [0.25, 0.3) is 0 Å². The van der Waals surface area contributed by atoms with E-state index in [0.717, 1.165) is 140 Å². The summed E-state index contributed by atoms with van der Waals surface area (Å²) in [5.41, 5.74) is -0.198. The lowest BCUT2D eigenvalue weighted by Gasteiger charge is -2.54. The van der Waals surface area contributed by atoms with Crippen LogP contribution in [0.15, 0.2) is 11.3 Å². The van der Waals surface area contributed by atoms with Crippen molar-refractivity contribution in [1.82, 2.24) is 15.1 Å². The average molecular weight is 840 g/mol. The summed E-state index contributed by atoms with van der Waals surface area (Å²) in [5.74, 6) is -2.43. The highest BCUT2D eigenvalue weighted by Crippen LogP contribution is 2.65. The molecule has 1 spiro atoms. The van der Waals surface area contributed by atoms with Crippen LogP contribution in [0.2, 0.25) is 0 Å². The molecule has 3 heterocycles. The van der Waals surface area contributed by atoms with Gasteiger partial charge < -0.3 is 34.5 Å². The van der Waals surface area contributed by atoms with Crippen LogP contribution in [0.3, 0.4) is 0 Å². The predicted molar refractivity (Wildman–Crippen MR) is 222 cm³/mol. The van der Waals surface area contributed by atoms with E-state index in [9.17, 15) is 15.0 Å². The second-order valence-corrected chi connectivity index (χ2v) is 19.5. The van der Waals surface area contributed by atoms with Gasteiger partial charge in [0.25, 0.3) is 0 Å². The minimum absolute atomic E-state index is 0.0216. The monoisotopic (exact) mass is 840 g/mol. The summed E-state index contributed by atoms with van der Waals surface area (Å²) in [7, 11) is 1.53. The number of carbonyl (C=O) groups is 4. The lowest BCUT2D eigenvalue weighted by atomic mass is 9.59. The molecule has 2 unspecified atom stereocenters. The minimum Gasteiger partial charge on any atom is -0.459 e. The van der Waals surface area contributed by atoms with Gasteiger partial charge in [0.2, 0.25) is 11.8 Å². The van der Waals surface area contributed by atoms with Gasteiger partial charge >= 0.3 is 12.1 Å². The molecule has 8 aliphatic rings. The molecule has 5 aliphatic carbocycles. The van der Waals surface area contributed by atoms with Crippen molar-refractivity contribution in [3.63, 3.8) is 0 Å². The van der Waals surface area contributed by atoms with Gasteiger partial charge in [0.1, 0.15) is 24.2 Å². The molecule has 3 N–H and O–H groups in total. The maximum atomic E-state index is 16.2. The van der Waals surface area contributed by atoms with E-state index in [-0.39, 0.29) is 74.9 Å². The number of cyclic esters (lactones) is 1. The van der Waals surface area contributed by atoms with Crippen LogP contribution in [-0.2, 0) is 33.3 Å². The number of hydrogen-bond donors (Lipinski definition) is 3. The lowest BCUT2D eigenvalue weighted by Crippen LogP contribution is -2.66. The largest absolute Gasteiger partial charge is 0.459 e. The number of carbonyl (C=O) groups excluding carboxylic acids is 4. The molecule has 8 rings (SSSR count). The average Bonchev–Trinajstić information content (AvgIpc) is 3.75. The molecule has 0 radical (unpaired) electrons. The number of fused-ring (bicyclic) bond motifs is 2. The van der Waals surface area contributed by atoms with E-state index in [4.69, 9.17) is 18.9 Å². The highest BCUT2D eigenvalue weighted by Gasteiger charge is 2.77. The zero-order chi connectivity index (χ0) is 41.8. The van der Waals surface area contributed by atoms with Crippen molar-refractivity contribution < 1.29 is 48.3 Å². The summed E-state index contributed by atoms with van der Waals surface area (Å²) in [4.78, 5) is 65.1. The standard InChI is InChI=1S/C47H73N3O10/c1-57-27-28-59-46(56)49-35-23-13-12-22-34(35)47(45(49)55)38(43(53)48-29-36(52)30-15-5-2-6-16-30)40-44(54)60-41(32-19-9-4-10-20-32)39(31-17-7-3-8-18-31)50(40)42(47)33-21-11-14-24-37(33)58-26-25-51/h30-33,36-42,51-52H,2-29H2,1H3,(H,48,53)/t33?,36-,37?,38+,39+,40+,41-,42-,47+/m0/s1. The van der Waals surface area contributed by atoms with Crippen LogP contribution in [0.1, 0.15) is 148 Å². The third-order valence-corrected chi connectivity index (χ3v) is 16.3. The van der Waals surface area contributed by atoms with Gasteiger partial charge in [-0.05, 0) is 100 Å². The summed E-state index contributed by atoms with van der Waals surface area (Å²) >= 11 is 0. The first-order valence-corrected chi connectivity index (χ1v) is 24.2. The topological polar surface area (TPSA) is 164 Å². The van der Waals surface area contributed by atoms with Crippen molar-refractivity contribution >= 4 is 23.9 Å². The van der Waals surface area contributed by atoms with Crippen LogP contribution >= 0.6 is 0 Å². The number of imide groups is 1. The predicted octanol–water partition coefficient (Wildman–Crippen LogP) is 6.17. The number of morpholine rings is 1. The lowest BCUT2D eigenvalue weighted by molar-refractivity contribution is -0.192. The zero-order valence-corrected chi connectivity index (χ0v) is 36.2. The Hall–Kier alpha value is -2.58. The normalized spacial score (nSPS) is 35.3. The fourth-order valence-corrected chi connectivity index (χ4v) is 13.8. The maximum Gasteiger partial charge on any atom is 0.421 e. The number of aliphatic hydroxyl groups excluding tert-OH is 2. The first kappa shape index (κ1) is 44.0. The Kier molecular flexibility index (Phi) is 14.6. The Balaban J connectivity index is 1.32. The SMILES string of the molecule is COCCOC(=O)N1C(=O)[C@@]2(C3=C1CCCC3)[C@H](C1CCCCC1OCCO)N1[C@H](C3CCCCC3)[C@H](C3CCCCC3)OC(=O)[C@H]1[C@@H]2C(=O)NC[C@H](O)C1CCCCC1. The van der Waals surface area contributed by atoms with E-state index in [1.54, 1.807) is 0 Å². The third kappa shape index (κ3) is 8.21. The number of hydrogen-bond acceptors (Lipinski definition) is 11. The van der Waals surface area contributed by atoms with Gasteiger partial charge in [-0.3, -0.25) is 19.3 Å². The molecule has 3 aliphatic heterocycles. The number of allylic oxidation sites excluding steroid dienone is 1. The van der Waals surface area contributed by atoms with Crippen LogP contribution in [0, 0.1) is 35.0 Å². The molecule has 9 atom stereocenters. The number of esters is 1. The van der Waals surface area contributed by atoms with Crippen LogP contribution in [0.5, 0.6) is 0 Å². The third-order valence-electron chi connectivity index (χ3n) is 16.3. The van der Waals surface area contributed by atoms with Gasteiger partial charge in [0.05, 0.1) is 44.0 Å². The van der Waals surface area contributed by atoms with Crippen molar-refractivity contribution in [1.29, 1.82) is 0 Å². The van der Waals surface area contributed by atoms with E-state index < -0.39 is 53.4 Å². The number of aliphatic hydroxyl groups is 2. The first-order chi connectivity index (χ1) is 29.3. The van der Waals surface area contributed by atoms with Crippen molar-refractivity contribution in [3.8, 4) is 0 Å². The molecule has 13 heteroatoms. The Labute approximate surface area is 357 Å². The van der Waals surface area contributed by atoms with Crippen molar-refractivity contribution in [2.45, 2.75) is 184 Å². The molecule has 0 aromatic rings. The number of amides is 3. The van der Waals surface area contributed by atoms with Gasteiger partial charge in [-0.1, -0.05) is 70.6 Å². The quantitative estimate of drug-likeness (QED) is 0.144. The number of rotatable bonds is 13. The summed E-state index contributed by atoms with van der Waals surface area (Å²) < 4.78 is 24.4. The Bertz CT molecular complexity index is 1550. The molecule has 6 fully saturated rings. The smallest absolute Gasteiger partial charge is 0.421 e. The first-order valence-electron chi connectivity index (χ1n) is 24.2. The van der Waals surface area contributed by atoms with E-state index in [2.05, 4.69) is 10.2 Å². The molecular formula is C47H73N3O10. The summed E-state index contributed by atoms with van der Waals surface area (Å²) in [6.45, 7) is 0.158. The van der Waals surface area contributed by atoms with Crippen LogP contribution < -0.4 is 5.32 Å². The molecule has 3 amide bonds. The summed E-state index contributed by atoms with van der Waals surface area (Å²) in [5, 5.41) is 24.7. The van der Waals surface area contributed by atoms with Crippen molar-refractivity contribution in [2.24, 2.45) is 35.0 Å². The van der Waals surface area contributed by atoms with Gasteiger partial charge in [-0.25, -0.2) is 9.69 Å².